The summed E-state index contributed by atoms with van der Waals surface area (Å²) in [5.74, 6) is -0.920. The molecule has 0 bridgehead atoms. The molecule has 2 aromatic rings. The number of carbonyl (C=O) groups excluding carboxylic acids is 1. The average molecular weight is 385 g/mol. The molecule has 1 saturated heterocycles. The van der Waals surface area contributed by atoms with Crippen LogP contribution in [0.15, 0.2) is 42.5 Å². The highest BCUT2D eigenvalue weighted by atomic mass is 19.1. The summed E-state index contributed by atoms with van der Waals surface area (Å²) < 4.78 is 26.0. The Hall–Kier alpha value is -2.56. The normalized spacial score (nSPS) is 14.6. The van der Waals surface area contributed by atoms with E-state index in [0.717, 1.165) is 37.9 Å². The van der Waals surface area contributed by atoms with Crippen molar-refractivity contribution in [3.63, 3.8) is 0 Å². The van der Waals surface area contributed by atoms with E-state index in [9.17, 15) is 9.18 Å². The molecule has 0 N–H and O–H groups in total. The summed E-state index contributed by atoms with van der Waals surface area (Å²) in [6, 6.07) is 12.5. The average Bonchev–Trinajstić information content (AvgIpc) is 2.67. The second-order valence-corrected chi connectivity index (χ2v) is 8.12. The summed E-state index contributed by atoms with van der Waals surface area (Å²) in [4.78, 5) is 14.8. The molecule has 0 spiro atoms. The highest BCUT2D eigenvalue weighted by Gasteiger charge is 2.26. The van der Waals surface area contributed by atoms with Crippen molar-refractivity contribution >= 4 is 11.7 Å². The lowest BCUT2D eigenvalue weighted by atomic mass is 10.1. The molecule has 4 nitrogen and oxygen atoms in total. The van der Waals surface area contributed by atoms with Crippen molar-refractivity contribution in [2.24, 2.45) is 0 Å². The molecule has 1 heterocycles. The van der Waals surface area contributed by atoms with Crippen LogP contribution in [-0.4, -0.2) is 24.7 Å². The number of benzene rings is 2. The van der Waals surface area contributed by atoms with Gasteiger partial charge in [0.05, 0.1) is 11.3 Å². The molecule has 1 aliphatic rings. The van der Waals surface area contributed by atoms with E-state index in [1.54, 1.807) is 26.8 Å². The predicted molar refractivity (Wildman–Crippen MR) is 108 cm³/mol. The van der Waals surface area contributed by atoms with Crippen molar-refractivity contribution in [3.8, 4) is 5.75 Å². The zero-order valence-corrected chi connectivity index (χ0v) is 16.8. The fraction of sp³-hybridized carbons (Fsp3) is 0.435. The molecule has 150 valence electrons. The number of esters is 1. The number of hydrogen-bond acceptors (Lipinski definition) is 4. The van der Waals surface area contributed by atoms with Gasteiger partial charge in [0.15, 0.2) is 11.6 Å². The van der Waals surface area contributed by atoms with Gasteiger partial charge in [0.1, 0.15) is 12.2 Å². The second-order valence-electron chi connectivity index (χ2n) is 8.12. The maximum Gasteiger partial charge on any atom is 0.340 e. The number of nitrogens with zero attached hydrogens (tertiary/aromatic N) is 1. The number of carbonyl (C=O) groups is 1. The van der Waals surface area contributed by atoms with Crippen LogP contribution in [0.1, 0.15) is 56.0 Å². The molecule has 0 radical (unpaired) electrons. The van der Waals surface area contributed by atoms with E-state index in [4.69, 9.17) is 9.47 Å². The van der Waals surface area contributed by atoms with E-state index < -0.39 is 17.4 Å². The molecule has 0 atom stereocenters. The highest BCUT2D eigenvalue weighted by Crippen LogP contribution is 2.33. The van der Waals surface area contributed by atoms with Crippen LogP contribution in [0.25, 0.3) is 0 Å². The quantitative estimate of drug-likeness (QED) is 0.651. The number of ether oxygens (including phenoxy) is 2. The molecule has 0 unspecified atom stereocenters. The lowest BCUT2D eigenvalue weighted by molar-refractivity contribution is 0.00696. The van der Waals surface area contributed by atoms with Crippen LogP contribution >= 0.6 is 0 Å². The number of hydrogen-bond donors (Lipinski definition) is 0. The molecule has 0 aliphatic carbocycles. The summed E-state index contributed by atoms with van der Waals surface area (Å²) in [6.45, 7) is 7.35. The SMILES string of the molecule is CC(C)(C)OC(=O)c1cc(F)c(OCc2ccccc2)cc1N1CCCCC1. The Morgan fingerprint density at radius 3 is 2.39 bits per heavy atom. The van der Waals surface area contributed by atoms with Gasteiger partial charge in [-0.25, -0.2) is 9.18 Å². The third-order valence-electron chi connectivity index (χ3n) is 4.60. The Morgan fingerprint density at radius 2 is 1.75 bits per heavy atom. The zero-order chi connectivity index (χ0) is 20.1. The second kappa shape index (κ2) is 8.63. The van der Waals surface area contributed by atoms with Gasteiger partial charge in [0.25, 0.3) is 0 Å². The van der Waals surface area contributed by atoms with Gasteiger partial charge in [-0.1, -0.05) is 30.3 Å². The monoisotopic (exact) mass is 385 g/mol. The largest absolute Gasteiger partial charge is 0.486 e. The Morgan fingerprint density at radius 1 is 1.07 bits per heavy atom. The number of anilines is 1. The zero-order valence-electron chi connectivity index (χ0n) is 16.8. The first kappa shape index (κ1) is 20.2. The Labute approximate surface area is 166 Å². The topological polar surface area (TPSA) is 38.8 Å². The first-order chi connectivity index (χ1) is 13.3. The first-order valence-corrected chi connectivity index (χ1v) is 9.82. The maximum absolute atomic E-state index is 14.7. The van der Waals surface area contributed by atoms with E-state index >= 15 is 0 Å². The molecular formula is C23H28FNO3. The Balaban J connectivity index is 1.90. The fourth-order valence-electron chi connectivity index (χ4n) is 3.28. The third kappa shape index (κ3) is 5.24. The van der Waals surface area contributed by atoms with Gasteiger partial charge in [-0.3, -0.25) is 0 Å². The smallest absolute Gasteiger partial charge is 0.340 e. The van der Waals surface area contributed by atoms with Crippen LogP contribution in [0, 0.1) is 5.82 Å². The van der Waals surface area contributed by atoms with Crippen molar-refractivity contribution in [1.29, 1.82) is 0 Å². The van der Waals surface area contributed by atoms with Crippen molar-refractivity contribution in [2.75, 3.05) is 18.0 Å². The number of piperidine rings is 1. The van der Waals surface area contributed by atoms with E-state index in [1.165, 1.54) is 6.07 Å². The minimum absolute atomic E-state index is 0.150. The Bertz CT molecular complexity index is 809. The van der Waals surface area contributed by atoms with E-state index in [2.05, 4.69) is 4.90 Å². The summed E-state index contributed by atoms with van der Waals surface area (Å²) >= 11 is 0. The number of rotatable bonds is 5. The molecule has 1 fully saturated rings. The number of halogens is 1. The molecule has 0 saturated carbocycles. The van der Waals surface area contributed by atoms with Crippen LogP contribution in [0.3, 0.4) is 0 Å². The molecule has 3 rings (SSSR count). The summed E-state index contributed by atoms with van der Waals surface area (Å²) in [5, 5.41) is 0. The molecule has 28 heavy (non-hydrogen) atoms. The minimum atomic E-state index is -0.644. The van der Waals surface area contributed by atoms with Gasteiger partial charge in [0, 0.05) is 19.2 Å². The van der Waals surface area contributed by atoms with Crippen molar-refractivity contribution in [3.05, 3.63) is 59.4 Å². The molecule has 0 amide bonds. The summed E-state index contributed by atoms with van der Waals surface area (Å²) in [6.07, 6.45) is 3.26. The molecule has 1 aliphatic heterocycles. The van der Waals surface area contributed by atoms with E-state index in [1.807, 2.05) is 30.3 Å². The van der Waals surface area contributed by atoms with Gasteiger partial charge in [0.2, 0.25) is 0 Å². The predicted octanol–water partition coefficient (Wildman–Crippen LogP) is 5.35. The van der Waals surface area contributed by atoms with Gasteiger partial charge < -0.3 is 14.4 Å². The standard InChI is InChI=1S/C23H28FNO3/c1-23(2,3)28-22(26)18-14-19(24)21(27-16-17-10-6-4-7-11-17)15-20(18)25-12-8-5-9-13-25/h4,6-7,10-11,14-15H,5,8-9,12-13,16H2,1-3H3. The lowest BCUT2D eigenvalue weighted by Crippen LogP contribution is -2.32. The molecule has 2 aromatic carbocycles. The summed E-state index contributed by atoms with van der Waals surface area (Å²) in [7, 11) is 0. The van der Waals surface area contributed by atoms with Gasteiger partial charge in [-0.15, -0.1) is 0 Å². The van der Waals surface area contributed by atoms with Crippen LogP contribution in [0.5, 0.6) is 5.75 Å². The van der Waals surface area contributed by atoms with Gasteiger partial charge in [-0.2, -0.15) is 0 Å². The van der Waals surface area contributed by atoms with Crippen molar-refractivity contribution < 1.29 is 18.7 Å². The lowest BCUT2D eigenvalue weighted by Gasteiger charge is -2.31. The van der Waals surface area contributed by atoms with Crippen molar-refractivity contribution in [2.45, 2.75) is 52.2 Å². The maximum atomic E-state index is 14.7. The van der Waals surface area contributed by atoms with E-state index in [0.29, 0.717) is 5.69 Å². The van der Waals surface area contributed by atoms with E-state index in [-0.39, 0.29) is 17.9 Å². The highest BCUT2D eigenvalue weighted by molar-refractivity contribution is 5.96. The van der Waals surface area contributed by atoms with Crippen LogP contribution < -0.4 is 9.64 Å². The van der Waals surface area contributed by atoms with Crippen molar-refractivity contribution in [1.82, 2.24) is 0 Å². The Kier molecular flexibility index (Phi) is 6.22. The molecular weight excluding hydrogens is 357 g/mol. The minimum Gasteiger partial charge on any atom is -0.486 e. The van der Waals surface area contributed by atoms with Crippen LogP contribution in [-0.2, 0) is 11.3 Å². The van der Waals surface area contributed by atoms with Gasteiger partial charge in [-0.05, 0) is 51.7 Å². The summed E-state index contributed by atoms with van der Waals surface area (Å²) in [5.41, 5.74) is 1.24. The van der Waals surface area contributed by atoms with Crippen LogP contribution in [0.2, 0.25) is 0 Å². The molecule has 5 heteroatoms. The van der Waals surface area contributed by atoms with Crippen LogP contribution in [0.4, 0.5) is 10.1 Å². The first-order valence-electron chi connectivity index (χ1n) is 9.82. The van der Waals surface area contributed by atoms with Gasteiger partial charge >= 0.3 is 5.97 Å². The third-order valence-corrected chi connectivity index (χ3v) is 4.60. The fourth-order valence-corrected chi connectivity index (χ4v) is 3.28. The molecule has 0 aromatic heterocycles.